The summed E-state index contributed by atoms with van der Waals surface area (Å²) in [5.41, 5.74) is 11.9. The van der Waals surface area contributed by atoms with Crippen molar-refractivity contribution in [2.45, 2.75) is 43.0 Å². The van der Waals surface area contributed by atoms with E-state index in [1.54, 1.807) is 6.07 Å². The quantitative estimate of drug-likeness (QED) is 0.540. The van der Waals surface area contributed by atoms with E-state index >= 15 is 0 Å². The third kappa shape index (κ3) is 4.02. The Morgan fingerprint density at radius 2 is 1.78 bits per heavy atom. The molecule has 142 valence electrons. The van der Waals surface area contributed by atoms with Gasteiger partial charge in [-0.25, -0.2) is 9.97 Å². The maximum Gasteiger partial charge on any atom is 0.251 e. The molecule has 0 unspecified atom stereocenters. The lowest BCUT2D eigenvalue weighted by molar-refractivity contribution is -0.113. The summed E-state index contributed by atoms with van der Waals surface area (Å²) in [6.45, 7) is 0. The second kappa shape index (κ2) is 7.15. The van der Waals surface area contributed by atoms with Crippen molar-refractivity contribution in [3.8, 4) is 11.5 Å². The molecule has 0 radical (unpaired) electrons. The second-order valence-electron chi connectivity index (χ2n) is 6.67. The number of hydrogen-bond donors (Lipinski definition) is 3. The summed E-state index contributed by atoms with van der Waals surface area (Å²) in [4.78, 5) is 20.3. The first kappa shape index (κ1) is 17.7. The number of nitrogens with two attached hydrogens (primary N) is 2. The number of carbonyl (C=O) groups is 1. The molecular formula is C18H21N5O3S. The number of aromatic nitrogens is 2. The normalized spacial score (nSPS) is 17.0. The summed E-state index contributed by atoms with van der Waals surface area (Å²) in [5, 5.41) is 3.22. The Hall–Kier alpha value is -2.68. The third-order valence-corrected chi connectivity index (χ3v) is 5.36. The fourth-order valence-corrected chi connectivity index (χ4v) is 3.99. The van der Waals surface area contributed by atoms with Crippen LogP contribution in [0.5, 0.6) is 11.5 Å². The fourth-order valence-electron chi connectivity index (χ4n) is 3.32. The van der Waals surface area contributed by atoms with Crippen molar-refractivity contribution in [1.82, 2.24) is 9.97 Å². The minimum Gasteiger partial charge on any atom is -0.448 e. The largest absolute Gasteiger partial charge is 0.448 e. The average molecular weight is 387 g/mol. The van der Waals surface area contributed by atoms with Gasteiger partial charge in [0.25, 0.3) is 5.79 Å². The van der Waals surface area contributed by atoms with E-state index in [1.807, 2.05) is 12.1 Å². The topological polar surface area (TPSA) is 125 Å². The first-order chi connectivity index (χ1) is 13.0. The number of benzene rings is 1. The smallest absolute Gasteiger partial charge is 0.251 e. The molecule has 1 aliphatic heterocycles. The SMILES string of the molecule is Nc1cc(N)nc(SCC(=O)Nc2ccc3c(c2)OC2(CCCCC2)O3)n1. The van der Waals surface area contributed by atoms with E-state index in [9.17, 15) is 4.79 Å². The molecule has 2 aliphatic rings. The van der Waals surface area contributed by atoms with Crippen LogP contribution in [-0.2, 0) is 4.79 Å². The van der Waals surface area contributed by atoms with Crippen molar-refractivity contribution < 1.29 is 14.3 Å². The zero-order valence-corrected chi connectivity index (χ0v) is 15.6. The molecule has 2 heterocycles. The minimum atomic E-state index is -0.524. The summed E-state index contributed by atoms with van der Waals surface area (Å²) >= 11 is 1.17. The predicted molar refractivity (Wildman–Crippen MR) is 104 cm³/mol. The van der Waals surface area contributed by atoms with Crippen molar-refractivity contribution in [3.05, 3.63) is 24.3 Å². The van der Waals surface area contributed by atoms with Gasteiger partial charge in [-0.1, -0.05) is 18.2 Å². The standard InChI is InChI=1S/C18H21N5O3S/c19-14-9-15(20)23-17(22-14)27-10-16(24)21-11-4-5-12-13(8-11)26-18(25-12)6-2-1-3-7-18/h4-5,8-9H,1-3,6-7,10H2,(H,21,24)(H4,19,20,22,23). The van der Waals surface area contributed by atoms with E-state index in [0.29, 0.717) is 16.6 Å². The Bertz CT molecular complexity index is 850. The van der Waals surface area contributed by atoms with Gasteiger partial charge in [0.05, 0.1) is 5.75 Å². The van der Waals surface area contributed by atoms with Gasteiger partial charge in [0.2, 0.25) is 5.91 Å². The zero-order valence-electron chi connectivity index (χ0n) is 14.7. The number of amides is 1. The molecule has 1 aromatic heterocycles. The predicted octanol–water partition coefficient (Wildman–Crippen LogP) is 2.80. The minimum absolute atomic E-state index is 0.140. The molecule has 4 rings (SSSR count). The van der Waals surface area contributed by atoms with Crippen molar-refractivity contribution in [3.63, 3.8) is 0 Å². The maximum absolute atomic E-state index is 12.2. The van der Waals surface area contributed by atoms with E-state index in [0.717, 1.165) is 31.4 Å². The zero-order chi connectivity index (χ0) is 18.9. The molecule has 27 heavy (non-hydrogen) atoms. The van der Waals surface area contributed by atoms with Crippen LogP contribution in [0.4, 0.5) is 17.3 Å². The molecule has 1 aliphatic carbocycles. The molecule has 1 amide bonds. The number of nitrogen functional groups attached to an aromatic ring is 2. The van der Waals surface area contributed by atoms with Gasteiger partial charge < -0.3 is 26.3 Å². The summed E-state index contributed by atoms with van der Waals surface area (Å²) in [6, 6.07) is 6.91. The number of fused-ring (bicyclic) bond motifs is 1. The van der Waals surface area contributed by atoms with Gasteiger partial charge in [-0.2, -0.15) is 0 Å². The summed E-state index contributed by atoms with van der Waals surface area (Å²) in [6.07, 6.45) is 5.20. The van der Waals surface area contributed by atoms with Gasteiger partial charge in [0.15, 0.2) is 16.7 Å². The van der Waals surface area contributed by atoms with Gasteiger partial charge in [-0.05, 0) is 25.0 Å². The summed E-state index contributed by atoms with van der Waals surface area (Å²) < 4.78 is 12.1. The number of nitrogens with one attached hydrogen (secondary N) is 1. The van der Waals surface area contributed by atoms with Crippen LogP contribution >= 0.6 is 11.8 Å². The lowest BCUT2D eigenvalue weighted by atomic mass is 9.94. The molecule has 9 heteroatoms. The molecule has 0 atom stereocenters. The molecule has 1 spiro atoms. The van der Waals surface area contributed by atoms with E-state index in [1.165, 1.54) is 24.2 Å². The van der Waals surface area contributed by atoms with E-state index in [4.69, 9.17) is 20.9 Å². The van der Waals surface area contributed by atoms with Crippen LogP contribution < -0.4 is 26.3 Å². The van der Waals surface area contributed by atoms with E-state index in [2.05, 4.69) is 15.3 Å². The highest BCUT2D eigenvalue weighted by Crippen LogP contribution is 2.46. The fraction of sp³-hybridized carbons (Fsp3) is 0.389. The molecule has 1 aromatic carbocycles. The van der Waals surface area contributed by atoms with Crippen LogP contribution in [0.2, 0.25) is 0 Å². The molecule has 1 fully saturated rings. The average Bonchev–Trinajstić information content (AvgIpc) is 2.96. The number of rotatable bonds is 4. The van der Waals surface area contributed by atoms with Crippen molar-refractivity contribution >= 4 is 35.0 Å². The third-order valence-electron chi connectivity index (χ3n) is 4.51. The molecular weight excluding hydrogens is 366 g/mol. The highest BCUT2D eigenvalue weighted by atomic mass is 32.2. The Morgan fingerprint density at radius 3 is 2.52 bits per heavy atom. The van der Waals surface area contributed by atoms with Crippen LogP contribution in [0.3, 0.4) is 0 Å². The molecule has 2 aromatic rings. The van der Waals surface area contributed by atoms with Gasteiger partial charge >= 0.3 is 0 Å². The Kier molecular flexibility index (Phi) is 4.69. The first-order valence-corrected chi connectivity index (χ1v) is 9.85. The van der Waals surface area contributed by atoms with Crippen LogP contribution in [0.1, 0.15) is 32.1 Å². The number of thioether (sulfide) groups is 1. The highest BCUT2D eigenvalue weighted by Gasteiger charge is 2.42. The molecule has 5 N–H and O–H groups in total. The van der Waals surface area contributed by atoms with Gasteiger partial charge in [0, 0.05) is 30.7 Å². The van der Waals surface area contributed by atoms with Gasteiger partial charge in [0.1, 0.15) is 11.6 Å². The van der Waals surface area contributed by atoms with Crippen LogP contribution in [0, 0.1) is 0 Å². The van der Waals surface area contributed by atoms with Gasteiger partial charge in [-0.15, -0.1) is 0 Å². The number of hydrogen-bond acceptors (Lipinski definition) is 8. The van der Waals surface area contributed by atoms with E-state index in [-0.39, 0.29) is 23.3 Å². The molecule has 0 saturated heterocycles. The number of nitrogens with zero attached hydrogens (tertiary/aromatic N) is 2. The van der Waals surface area contributed by atoms with E-state index < -0.39 is 5.79 Å². The summed E-state index contributed by atoms with van der Waals surface area (Å²) in [5.74, 6) is 1.39. The number of anilines is 3. The van der Waals surface area contributed by atoms with Crippen molar-refractivity contribution in [2.75, 3.05) is 22.5 Å². The maximum atomic E-state index is 12.2. The van der Waals surface area contributed by atoms with Crippen LogP contribution in [-0.4, -0.2) is 27.4 Å². The van der Waals surface area contributed by atoms with Crippen LogP contribution in [0.15, 0.2) is 29.4 Å². The molecule has 1 saturated carbocycles. The van der Waals surface area contributed by atoms with Crippen molar-refractivity contribution in [1.29, 1.82) is 0 Å². The second-order valence-corrected chi connectivity index (χ2v) is 7.62. The Balaban J connectivity index is 1.36. The Morgan fingerprint density at radius 1 is 1.07 bits per heavy atom. The van der Waals surface area contributed by atoms with Crippen LogP contribution in [0.25, 0.3) is 0 Å². The lowest BCUT2D eigenvalue weighted by Gasteiger charge is -2.31. The molecule has 0 bridgehead atoms. The first-order valence-electron chi connectivity index (χ1n) is 8.86. The number of carbonyl (C=O) groups excluding carboxylic acids is 1. The summed E-state index contributed by atoms with van der Waals surface area (Å²) in [7, 11) is 0. The highest BCUT2D eigenvalue weighted by molar-refractivity contribution is 7.99. The monoisotopic (exact) mass is 387 g/mol. The Labute approximate surface area is 161 Å². The molecule has 8 nitrogen and oxygen atoms in total. The van der Waals surface area contributed by atoms with Crippen molar-refractivity contribution in [2.24, 2.45) is 0 Å². The van der Waals surface area contributed by atoms with Gasteiger partial charge in [-0.3, -0.25) is 4.79 Å². The lowest BCUT2D eigenvalue weighted by Crippen LogP contribution is -2.40. The number of ether oxygens (including phenoxy) is 2.